The molecule has 5 rings (SSSR count). The van der Waals surface area contributed by atoms with Gasteiger partial charge in [-0.3, -0.25) is 9.97 Å². The Hall–Kier alpha value is -3.38. The van der Waals surface area contributed by atoms with Gasteiger partial charge in [-0.2, -0.15) is 0 Å². The molecule has 0 radical (unpaired) electrons. The van der Waals surface area contributed by atoms with Gasteiger partial charge in [-0.1, -0.05) is 42.1 Å². The Balaban J connectivity index is 1.62. The summed E-state index contributed by atoms with van der Waals surface area (Å²) >= 11 is 1.61. The largest absolute Gasteiger partial charge is 0.260 e. The molecule has 5 aromatic rings. The number of pyridine rings is 1. The molecule has 0 saturated heterocycles. The topological polar surface area (TPSA) is 64.5 Å². The minimum atomic E-state index is 0.710. The Labute approximate surface area is 165 Å². The highest BCUT2D eigenvalue weighted by Crippen LogP contribution is 2.31. The molecule has 6 heteroatoms. The first-order valence-electron chi connectivity index (χ1n) is 8.88. The van der Waals surface area contributed by atoms with Gasteiger partial charge in [-0.05, 0) is 36.4 Å². The maximum Gasteiger partial charge on any atom is 0.125 e. The van der Waals surface area contributed by atoms with E-state index in [1.54, 1.807) is 24.2 Å². The van der Waals surface area contributed by atoms with Crippen LogP contribution in [0.15, 0.2) is 84.1 Å². The quantitative estimate of drug-likeness (QED) is 0.411. The lowest BCUT2D eigenvalue weighted by Crippen LogP contribution is -1.97. The van der Waals surface area contributed by atoms with Crippen molar-refractivity contribution in [2.45, 2.75) is 10.8 Å². The van der Waals surface area contributed by atoms with E-state index in [2.05, 4.69) is 9.97 Å². The van der Waals surface area contributed by atoms with Gasteiger partial charge in [0.25, 0.3) is 0 Å². The van der Waals surface area contributed by atoms with Crippen LogP contribution in [0.5, 0.6) is 0 Å². The Morgan fingerprint density at radius 3 is 2.07 bits per heavy atom. The molecule has 28 heavy (non-hydrogen) atoms. The molecular formula is C22H15N5S. The molecule has 0 saturated carbocycles. The normalized spacial score (nSPS) is 11.1. The number of hydrogen-bond acceptors (Lipinski definition) is 6. The predicted molar refractivity (Wildman–Crippen MR) is 112 cm³/mol. The molecule has 0 aliphatic rings. The van der Waals surface area contributed by atoms with Crippen molar-refractivity contribution < 1.29 is 0 Å². The highest BCUT2D eigenvalue weighted by atomic mass is 32.2. The Morgan fingerprint density at radius 1 is 0.643 bits per heavy atom. The first kappa shape index (κ1) is 16.8. The smallest absolute Gasteiger partial charge is 0.125 e. The summed E-state index contributed by atoms with van der Waals surface area (Å²) in [5.74, 6) is 0.710. The average molecular weight is 381 g/mol. The maximum atomic E-state index is 4.86. The van der Waals surface area contributed by atoms with Crippen LogP contribution in [0.3, 0.4) is 0 Å². The van der Waals surface area contributed by atoms with Crippen LogP contribution in [-0.2, 0) is 5.75 Å². The zero-order chi connectivity index (χ0) is 18.8. The van der Waals surface area contributed by atoms with E-state index in [1.807, 2.05) is 66.7 Å². The molecule has 134 valence electrons. The molecule has 0 atom stereocenters. The van der Waals surface area contributed by atoms with E-state index in [0.717, 1.165) is 44.2 Å². The van der Waals surface area contributed by atoms with Crippen LogP contribution in [0.1, 0.15) is 5.69 Å². The average Bonchev–Trinajstić information content (AvgIpc) is 2.77. The first-order chi connectivity index (χ1) is 13.9. The number of hydrogen-bond donors (Lipinski definition) is 0. The second kappa shape index (κ2) is 7.32. The van der Waals surface area contributed by atoms with E-state index in [9.17, 15) is 0 Å². The van der Waals surface area contributed by atoms with Crippen molar-refractivity contribution in [3.63, 3.8) is 0 Å². The van der Waals surface area contributed by atoms with E-state index in [0.29, 0.717) is 5.75 Å². The molecule has 3 aromatic heterocycles. The van der Waals surface area contributed by atoms with Crippen LogP contribution in [0, 0.1) is 0 Å². The second-order valence-electron chi connectivity index (χ2n) is 6.22. The summed E-state index contributed by atoms with van der Waals surface area (Å²) in [5.41, 5.74) is 5.88. The zero-order valence-corrected chi connectivity index (χ0v) is 15.7. The highest BCUT2D eigenvalue weighted by Gasteiger charge is 2.14. The third kappa shape index (κ3) is 3.30. The van der Waals surface area contributed by atoms with E-state index < -0.39 is 0 Å². The lowest BCUT2D eigenvalue weighted by atomic mass is 10.2. The SMILES string of the molecule is c1ccc(CSc2nc3ccccc3nc2-c2cnc3ccccc3n2)nc1. The summed E-state index contributed by atoms with van der Waals surface area (Å²) in [6.45, 7) is 0. The summed E-state index contributed by atoms with van der Waals surface area (Å²) in [4.78, 5) is 23.4. The molecule has 0 fully saturated rings. The molecule has 0 aliphatic heterocycles. The summed E-state index contributed by atoms with van der Waals surface area (Å²) in [6.07, 6.45) is 3.57. The third-order valence-corrected chi connectivity index (χ3v) is 5.31. The Morgan fingerprint density at radius 2 is 1.32 bits per heavy atom. The third-order valence-electron chi connectivity index (χ3n) is 4.31. The molecular weight excluding hydrogens is 366 g/mol. The van der Waals surface area contributed by atoms with Crippen LogP contribution < -0.4 is 0 Å². The second-order valence-corrected chi connectivity index (χ2v) is 7.18. The fraction of sp³-hybridized carbons (Fsp3) is 0.0455. The summed E-state index contributed by atoms with van der Waals surface area (Å²) in [6, 6.07) is 21.6. The number of nitrogens with zero attached hydrogens (tertiary/aromatic N) is 5. The van der Waals surface area contributed by atoms with Crippen molar-refractivity contribution in [3.05, 3.63) is 84.8 Å². The summed E-state index contributed by atoms with van der Waals surface area (Å²) in [5, 5.41) is 0.828. The number of fused-ring (bicyclic) bond motifs is 2. The summed E-state index contributed by atoms with van der Waals surface area (Å²) in [7, 11) is 0. The van der Waals surface area contributed by atoms with Gasteiger partial charge in [0.15, 0.2) is 0 Å². The van der Waals surface area contributed by atoms with Crippen molar-refractivity contribution in [1.82, 2.24) is 24.9 Å². The van der Waals surface area contributed by atoms with Crippen LogP contribution in [-0.4, -0.2) is 24.9 Å². The number of rotatable bonds is 4. The van der Waals surface area contributed by atoms with Gasteiger partial charge < -0.3 is 0 Å². The maximum absolute atomic E-state index is 4.86. The van der Waals surface area contributed by atoms with Crippen molar-refractivity contribution in [3.8, 4) is 11.4 Å². The molecule has 0 spiro atoms. The molecule has 5 nitrogen and oxygen atoms in total. The van der Waals surface area contributed by atoms with Gasteiger partial charge in [0.05, 0.1) is 34.0 Å². The molecule has 3 heterocycles. The highest BCUT2D eigenvalue weighted by molar-refractivity contribution is 7.98. The van der Waals surface area contributed by atoms with E-state index in [-0.39, 0.29) is 0 Å². The van der Waals surface area contributed by atoms with E-state index in [4.69, 9.17) is 15.0 Å². The number of para-hydroxylation sites is 4. The molecule has 0 bridgehead atoms. The number of benzene rings is 2. The molecule has 0 unspecified atom stereocenters. The Bertz CT molecular complexity index is 1270. The van der Waals surface area contributed by atoms with Crippen molar-refractivity contribution in [2.75, 3.05) is 0 Å². The standard InChI is InChI=1S/C22H15N5S/c1-2-9-17-16(8-1)24-13-20(25-17)21-22(28-14-15-7-5-6-12-23-15)27-19-11-4-3-10-18(19)26-21/h1-13H,14H2. The summed E-state index contributed by atoms with van der Waals surface area (Å²) < 4.78 is 0. The molecule has 0 aliphatic carbocycles. The van der Waals surface area contributed by atoms with Gasteiger partial charge in [-0.25, -0.2) is 15.0 Å². The van der Waals surface area contributed by atoms with E-state index in [1.165, 1.54) is 0 Å². The molecule has 2 aromatic carbocycles. The van der Waals surface area contributed by atoms with E-state index >= 15 is 0 Å². The van der Waals surface area contributed by atoms with Gasteiger partial charge in [-0.15, -0.1) is 0 Å². The van der Waals surface area contributed by atoms with Crippen molar-refractivity contribution >= 4 is 33.8 Å². The van der Waals surface area contributed by atoms with Crippen LogP contribution >= 0.6 is 11.8 Å². The van der Waals surface area contributed by atoms with Gasteiger partial charge in [0.2, 0.25) is 0 Å². The van der Waals surface area contributed by atoms with Crippen molar-refractivity contribution in [2.24, 2.45) is 0 Å². The molecule has 0 N–H and O–H groups in total. The first-order valence-corrected chi connectivity index (χ1v) is 9.87. The number of thioether (sulfide) groups is 1. The minimum absolute atomic E-state index is 0.710. The predicted octanol–water partition coefficient (Wildman–Crippen LogP) is 4.93. The number of aromatic nitrogens is 5. The minimum Gasteiger partial charge on any atom is -0.260 e. The van der Waals surface area contributed by atoms with Gasteiger partial charge >= 0.3 is 0 Å². The van der Waals surface area contributed by atoms with Crippen LogP contribution in [0.25, 0.3) is 33.5 Å². The lowest BCUT2D eigenvalue weighted by Gasteiger charge is -2.09. The fourth-order valence-electron chi connectivity index (χ4n) is 2.95. The van der Waals surface area contributed by atoms with Gasteiger partial charge in [0, 0.05) is 11.9 Å². The zero-order valence-electron chi connectivity index (χ0n) is 14.9. The van der Waals surface area contributed by atoms with Crippen molar-refractivity contribution in [1.29, 1.82) is 0 Å². The fourth-order valence-corrected chi connectivity index (χ4v) is 3.85. The monoisotopic (exact) mass is 381 g/mol. The molecule has 0 amide bonds. The Kier molecular flexibility index (Phi) is 4.39. The van der Waals surface area contributed by atoms with Crippen LogP contribution in [0.4, 0.5) is 0 Å². The van der Waals surface area contributed by atoms with Crippen LogP contribution in [0.2, 0.25) is 0 Å². The van der Waals surface area contributed by atoms with Gasteiger partial charge in [0.1, 0.15) is 16.4 Å². The lowest BCUT2D eigenvalue weighted by molar-refractivity contribution is 1.10.